The molecule has 0 aliphatic carbocycles. The third kappa shape index (κ3) is 3.75. The second kappa shape index (κ2) is 5.94. The average molecular weight is 323 g/mol. The Bertz CT molecular complexity index is 595. The molecular formula is C13H16F3NO3S. The lowest BCUT2D eigenvalue weighted by Gasteiger charge is -2.19. The van der Waals surface area contributed by atoms with Crippen molar-refractivity contribution in [2.75, 3.05) is 19.0 Å². The molecule has 1 aliphatic heterocycles. The van der Waals surface area contributed by atoms with Gasteiger partial charge < -0.3 is 10.5 Å². The smallest absolute Gasteiger partial charge is 0.381 e. The number of hydrogen-bond acceptors (Lipinski definition) is 4. The van der Waals surface area contributed by atoms with Gasteiger partial charge in [-0.15, -0.1) is 0 Å². The van der Waals surface area contributed by atoms with E-state index < -0.39 is 38.3 Å². The van der Waals surface area contributed by atoms with Crippen molar-refractivity contribution >= 4 is 9.84 Å². The van der Waals surface area contributed by atoms with Gasteiger partial charge in [0, 0.05) is 18.6 Å². The summed E-state index contributed by atoms with van der Waals surface area (Å²) < 4.78 is 68.3. The van der Waals surface area contributed by atoms with Gasteiger partial charge in [-0.25, -0.2) is 8.42 Å². The Labute approximate surface area is 121 Å². The zero-order valence-corrected chi connectivity index (χ0v) is 12.0. The summed E-state index contributed by atoms with van der Waals surface area (Å²) in [5.41, 5.74) is 4.67. The first kappa shape index (κ1) is 16.3. The number of alkyl halides is 3. The van der Waals surface area contributed by atoms with Gasteiger partial charge >= 0.3 is 6.18 Å². The van der Waals surface area contributed by atoms with Crippen molar-refractivity contribution in [2.45, 2.75) is 23.5 Å². The molecule has 8 heteroatoms. The first-order valence-corrected chi connectivity index (χ1v) is 8.09. The summed E-state index contributed by atoms with van der Waals surface area (Å²) in [7, 11) is -4.11. The van der Waals surface area contributed by atoms with Gasteiger partial charge in [0.1, 0.15) is 0 Å². The van der Waals surface area contributed by atoms with Gasteiger partial charge in [-0.1, -0.05) is 12.1 Å². The van der Waals surface area contributed by atoms with Crippen molar-refractivity contribution in [1.29, 1.82) is 0 Å². The Morgan fingerprint density at radius 1 is 1.33 bits per heavy atom. The van der Waals surface area contributed by atoms with Crippen molar-refractivity contribution in [1.82, 2.24) is 0 Å². The number of ether oxygens (including phenoxy) is 1. The van der Waals surface area contributed by atoms with Gasteiger partial charge in [0.05, 0.1) is 22.8 Å². The summed E-state index contributed by atoms with van der Waals surface area (Å²) in [5.74, 6) is -0.661. The molecule has 0 aromatic heterocycles. The molecule has 0 radical (unpaired) electrons. The Balaban J connectivity index is 2.27. The molecule has 0 spiro atoms. The molecule has 0 amide bonds. The molecule has 1 aliphatic rings. The van der Waals surface area contributed by atoms with E-state index in [1.807, 2.05) is 0 Å². The average Bonchev–Trinajstić information content (AvgIpc) is 2.91. The predicted molar refractivity (Wildman–Crippen MR) is 70.4 cm³/mol. The van der Waals surface area contributed by atoms with Gasteiger partial charge in [-0.05, 0) is 18.6 Å². The van der Waals surface area contributed by atoms with Crippen LogP contribution in [0.3, 0.4) is 0 Å². The lowest BCUT2D eigenvalue weighted by molar-refractivity contribution is -0.139. The standard InChI is InChI=1S/C13H16F3NO3S/c14-13(15,16)10-3-1-2-4-12(10)21(18,19)8-11(17)9-5-6-20-7-9/h1-4,9,11H,5-8,17H2. The Morgan fingerprint density at radius 2 is 2.00 bits per heavy atom. The zero-order valence-electron chi connectivity index (χ0n) is 11.1. The minimum atomic E-state index is -4.72. The number of sulfone groups is 1. The highest BCUT2D eigenvalue weighted by molar-refractivity contribution is 7.91. The molecule has 2 rings (SSSR count). The van der Waals surface area contributed by atoms with Gasteiger partial charge in [0.15, 0.2) is 9.84 Å². The molecule has 1 aromatic rings. The summed E-state index contributed by atoms with van der Waals surface area (Å²) in [6.45, 7) is 0.842. The van der Waals surface area contributed by atoms with E-state index in [0.717, 1.165) is 18.2 Å². The third-order valence-corrected chi connectivity index (χ3v) is 5.36. The van der Waals surface area contributed by atoms with Crippen molar-refractivity contribution < 1.29 is 26.3 Å². The topological polar surface area (TPSA) is 69.4 Å². The van der Waals surface area contributed by atoms with E-state index in [1.54, 1.807) is 0 Å². The lowest BCUT2D eigenvalue weighted by Crippen LogP contribution is -2.37. The predicted octanol–water partition coefficient (Wildman–Crippen LogP) is 1.84. The maximum Gasteiger partial charge on any atom is 0.417 e. The van der Waals surface area contributed by atoms with Crippen molar-refractivity contribution in [3.8, 4) is 0 Å². The van der Waals surface area contributed by atoms with E-state index in [0.29, 0.717) is 19.6 Å². The van der Waals surface area contributed by atoms with Gasteiger partial charge in [-0.3, -0.25) is 0 Å². The van der Waals surface area contributed by atoms with Crippen LogP contribution in [-0.4, -0.2) is 33.4 Å². The van der Waals surface area contributed by atoms with Crippen LogP contribution in [0.25, 0.3) is 0 Å². The molecule has 1 heterocycles. The second-order valence-electron chi connectivity index (χ2n) is 5.06. The number of rotatable bonds is 4. The first-order valence-electron chi connectivity index (χ1n) is 6.44. The first-order chi connectivity index (χ1) is 9.72. The molecule has 1 aromatic carbocycles. The normalized spacial score (nSPS) is 21.4. The maximum atomic E-state index is 12.9. The molecule has 0 bridgehead atoms. The van der Waals surface area contributed by atoms with Crippen molar-refractivity contribution in [3.63, 3.8) is 0 Å². The van der Waals surface area contributed by atoms with E-state index in [2.05, 4.69) is 0 Å². The molecular weight excluding hydrogens is 307 g/mol. The van der Waals surface area contributed by atoms with Crippen LogP contribution in [0, 0.1) is 5.92 Å². The summed E-state index contributed by atoms with van der Waals surface area (Å²) in [6, 6.07) is 3.42. The lowest BCUT2D eigenvalue weighted by atomic mass is 10.0. The third-order valence-electron chi connectivity index (χ3n) is 3.51. The van der Waals surface area contributed by atoms with E-state index in [1.165, 1.54) is 6.07 Å². The Hall–Kier alpha value is -1.12. The number of benzene rings is 1. The number of halogens is 3. The SMILES string of the molecule is NC(CS(=O)(=O)c1ccccc1C(F)(F)F)C1CCOC1. The van der Waals surface area contributed by atoms with E-state index in [4.69, 9.17) is 10.5 Å². The summed E-state index contributed by atoms with van der Waals surface area (Å²) in [4.78, 5) is -0.716. The fourth-order valence-electron chi connectivity index (χ4n) is 2.34. The van der Waals surface area contributed by atoms with Crippen molar-refractivity contribution in [2.24, 2.45) is 11.7 Å². The Morgan fingerprint density at radius 3 is 2.57 bits per heavy atom. The largest absolute Gasteiger partial charge is 0.417 e. The molecule has 4 nitrogen and oxygen atoms in total. The molecule has 1 saturated heterocycles. The van der Waals surface area contributed by atoms with Gasteiger partial charge in [-0.2, -0.15) is 13.2 Å². The summed E-state index contributed by atoms with van der Waals surface area (Å²) in [5, 5.41) is 0. The van der Waals surface area contributed by atoms with Crippen LogP contribution in [0.1, 0.15) is 12.0 Å². The van der Waals surface area contributed by atoms with Crippen molar-refractivity contribution in [3.05, 3.63) is 29.8 Å². The van der Waals surface area contributed by atoms with Gasteiger partial charge in [0.25, 0.3) is 0 Å². The maximum absolute atomic E-state index is 12.9. The molecule has 0 saturated carbocycles. The van der Waals surface area contributed by atoms with E-state index in [9.17, 15) is 21.6 Å². The molecule has 21 heavy (non-hydrogen) atoms. The van der Waals surface area contributed by atoms with E-state index in [-0.39, 0.29) is 5.92 Å². The summed E-state index contributed by atoms with van der Waals surface area (Å²) >= 11 is 0. The monoisotopic (exact) mass is 323 g/mol. The minimum Gasteiger partial charge on any atom is -0.381 e. The zero-order chi connectivity index (χ0) is 15.7. The quantitative estimate of drug-likeness (QED) is 0.918. The number of hydrogen-bond donors (Lipinski definition) is 1. The number of nitrogens with two attached hydrogens (primary N) is 1. The summed E-state index contributed by atoms with van der Waals surface area (Å²) in [6.07, 6.45) is -4.10. The highest BCUT2D eigenvalue weighted by Gasteiger charge is 2.38. The second-order valence-corrected chi connectivity index (χ2v) is 7.07. The highest BCUT2D eigenvalue weighted by Crippen LogP contribution is 2.34. The molecule has 2 unspecified atom stereocenters. The minimum absolute atomic E-state index is 0.141. The van der Waals surface area contributed by atoms with E-state index >= 15 is 0 Å². The Kier molecular flexibility index (Phi) is 4.60. The fourth-order valence-corrected chi connectivity index (χ4v) is 4.10. The van der Waals surface area contributed by atoms with Crippen LogP contribution in [0.2, 0.25) is 0 Å². The van der Waals surface area contributed by atoms with Crippen LogP contribution in [-0.2, 0) is 20.8 Å². The molecule has 2 N–H and O–H groups in total. The van der Waals surface area contributed by atoms with Crippen LogP contribution in [0.4, 0.5) is 13.2 Å². The molecule has 1 fully saturated rings. The molecule has 118 valence electrons. The van der Waals surface area contributed by atoms with Gasteiger partial charge in [0.2, 0.25) is 0 Å². The van der Waals surface area contributed by atoms with Crippen LogP contribution < -0.4 is 5.73 Å². The molecule has 2 atom stereocenters. The highest BCUT2D eigenvalue weighted by atomic mass is 32.2. The fraction of sp³-hybridized carbons (Fsp3) is 0.538. The van der Waals surface area contributed by atoms with Crippen LogP contribution in [0.5, 0.6) is 0 Å². The van der Waals surface area contributed by atoms with Crippen LogP contribution >= 0.6 is 0 Å². The van der Waals surface area contributed by atoms with Crippen LogP contribution in [0.15, 0.2) is 29.2 Å².